The third-order valence-corrected chi connectivity index (χ3v) is 6.78. The normalized spacial score (nSPS) is 14.5. The van der Waals surface area contributed by atoms with Crippen molar-refractivity contribution in [2.75, 3.05) is 19.6 Å². The van der Waals surface area contributed by atoms with E-state index < -0.39 is 0 Å². The van der Waals surface area contributed by atoms with Crippen molar-refractivity contribution in [3.63, 3.8) is 0 Å². The highest BCUT2D eigenvalue weighted by Gasteiger charge is 2.17. The van der Waals surface area contributed by atoms with Gasteiger partial charge in [-0.3, -0.25) is 0 Å². The van der Waals surface area contributed by atoms with Crippen molar-refractivity contribution in [2.24, 2.45) is 0 Å². The zero-order valence-corrected chi connectivity index (χ0v) is 18.8. The van der Waals surface area contributed by atoms with Gasteiger partial charge in [0.15, 0.2) is 5.82 Å². The third kappa shape index (κ3) is 4.05. The van der Waals surface area contributed by atoms with Crippen molar-refractivity contribution < 1.29 is 4.52 Å². The molecule has 0 radical (unpaired) electrons. The highest BCUT2D eigenvalue weighted by molar-refractivity contribution is 5.94. The van der Waals surface area contributed by atoms with Crippen molar-refractivity contribution in [3.05, 3.63) is 84.3 Å². The van der Waals surface area contributed by atoms with Crippen LogP contribution in [0.5, 0.6) is 0 Å². The van der Waals surface area contributed by atoms with Gasteiger partial charge in [-0.25, -0.2) is 0 Å². The summed E-state index contributed by atoms with van der Waals surface area (Å²) in [5.41, 5.74) is 3.48. The summed E-state index contributed by atoms with van der Waals surface area (Å²) in [4.78, 5) is 7.29. The molecule has 6 rings (SSSR count). The van der Waals surface area contributed by atoms with E-state index in [4.69, 9.17) is 9.51 Å². The number of para-hydroxylation sites is 1. The van der Waals surface area contributed by atoms with Gasteiger partial charge < -0.3 is 14.0 Å². The van der Waals surface area contributed by atoms with Gasteiger partial charge >= 0.3 is 0 Å². The molecule has 1 saturated heterocycles. The summed E-state index contributed by atoms with van der Waals surface area (Å²) in [5.74, 6) is 1.41. The molecule has 0 aliphatic carbocycles. The smallest absolute Gasteiger partial charge is 0.260 e. The minimum Gasteiger partial charge on any atom is -0.342 e. The number of rotatable bonds is 7. The molecule has 5 heteroatoms. The van der Waals surface area contributed by atoms with Gasteiger partial charge in [0, 0.05) is 30.1 Å². The van der Waals surface area contributed by atoms with Gasteiger partial charge in [-0.1, -0.05) is 65.8 Å². The third-order valence-electron chi connectivity index (χ3n) is 6.78. The number of benzene rings is 3. The molecule has 0 spiro atoms. The molecule has 5 aromatic rings. The Bertz CT molecular complexity index is 1390. The largest absolute Gasteiger partial charge is 0.342 e. The van der Waals surface area contributed by atoms with Crippen LogP contribution in [0.4, 0.5) is 0 Å². The maximum atomic E-state index is 5.73. The van der Waals surface area contributed by atoms with Crippen LogP contribution >= 0.6 is 0 Å². The SMILES string of the molecule is c1ccc2c(Cn3cc(-c4nc(CCCN5CCCC5)no4)c4ccccc43)cccc2c1. The molecule has 33 heavy (non-hydrogen) atoms. The summed E-state index contributed by atoms with van der Waals surface area (Å²) >= 11 is 0. The number of hydrogen-bond acceptors (Lipinski definition) is 4. The predicted octanol–water partition coefficient (Wildman–Crippen LogP) is 5.92. The Morgan fingerprint density at radius 2 is 1.64 bits per heavy atom. The van der Waals surface area contributed by atoms with Crippen LogP contribution in [0, 0.1) is 0 Å². The fraction of sp³-hybridized carbons (Fsp3) is 0.286. The monoisotopic (exact) mass is 436 g/mol. The molecule has 1 aliphatic heterocycles. The Balaban J connectivity index is 1.28. The Hall–Kier alpha value is -3.44. The lowest BCUT2D eigenvalue weighted by Gasteiger charge is -2.12. The fourth-order valence-electron chi connectivity index (χ4n) is 5.09. The van der Waals surface area contributed by atoms with E-state index in [9.17, 15) is 0 Å². The van der Waals surface area contributed by atoms with Crippen LogP contribution < -0.4 is 0 Å². The lowest BCUT2D eigenvalue weighted by molar-refractivity contribution is 0.331. The number of likely N-dealkylation sites (tertiary alicyclic amines) is 1. The highest BCUT2D eigenvalue weighted by atomic mass is 16.5. The molecule has 0 unspecified atom stereocenters. The molecular formula is C28H28N4O. The molecule has 3 aromatic carbocycles. The molecule has 0 atom stereocenters. The Labute approximate surface area is 193 Å². The summed E-state index contributed by atoms with van der Waals surface area (Å²) in [6.07, 6.45) is 6.74. The first-order valence-electron chi connectivity index (χ1n) is 11.9. The summed E-state index contributed by atoms with van der Waals surface area (Å²) in [6.45, 7) is 4.37. The van der Waals surface area contributed by atoms with Gasteiger partial charge in [-0.15, -0.1) is 0 Å². The number of aryl methyl sites for hydroxylation is 1. The van der Waals surface area contributed by atoms with Gasteiger partial charge in [-0.2, -0.15) is 4.98 Å². The Morgan fingerprint density at radius 3 is 2.55 bits per heavy atom. The summed E-state index contributed by atoms with van der Waals surface area (Å²) in [5, 5.41) is 7.98. The van der Waals surface area contributed by atoms with Gasteiger partial charge in [0.2, 0.25) is 0 Å². The number of nitrogens with zero attached hydrogens (tertiary/aromatic N) is 4. The van der Waals surface area contributed by atoms with Gasteiger partial charge in [0.1, 0.15) is 0 Å². The fourth-order valence-corrected chi connectivity index (χ4v) is 5.09. The van der Waals surface area contributed by atoms with Crippen LogP contribution in [-0.4, -0.2) is 39.2 Å². The number of fused-ring (bicyclic) bond motifs is 2. The molecule has 166 valence electrons. The first-order valence-corrected chi connectivity index (χ1v) is 11.9. The summed E-state index contributed by atoms with van der Waals surface area (Å²) < 4.78 is 8.02. The second kappa shape index (κ2) is 8.83. The Morgan fingerprint density at radius 1 is 0.848 bits per heavy atom. The van der Waals surface area contributed by atoms with Crippen LogP contribution in [0.15, 0.2) is 77.4 Å². The minimum absolute atomic E-state index is 0.610. The van der Waals surface area contributed by atoms with Crippen molar-refractivity contribution in [1.82, 2.24) is 19.6 Å². The lowest BCUT2D eigenvalue weighted by Crippen LogP contribution is -2.20. The van der Waals surface area contributed by atoms with E-state index in [2.05, 4.69) is 87.6 Å². The second-order valence-electron chi connectivity index (χ2n) is 8.99. The minimum atomic E-state index is 0.610. The molecule has 0 N–H and O–H groups in total. The van der Waals surface area contributed by atoms with Crippen molar-refractivity contribution in [3.8, 4) is 11.5 Å². The molecule has 5 nitrogen and oxygen atoms in total. The van der Waals surface area contributed by atoms with Crippen LogP contribution in [0.2, 0.25) is 0 Å². The average molecular weight is 437 g/mol. The average Bonchev–Trinajstić information content (AvgIpc) is 3.61. The van der Waals surface area contributed by atoms with Gasteiger partial charge in [0.05, 0.1) is 5.56 Å². The van der Waals surface area contributed by atoms with Gasteiger partial charge in [-0.05, 0) is 61.3 Å². The summed E-state index contributed by atoms with van der Waals surface area (Å²) in [7, 11) is 0. The molecule has 0 amide bonds. The van der Waals surface area contributed by atoms with E-state index in [1.165, 1.54) is 47.8 Å². The number of hydrogen-bond donors (Lipinski definition) is 0. The quantitative estimate of drug-likeness (QED) is 0.318. The van der Waals surface area contributed by atoms with Crippen LogP contribution in [0.1, 0.15) is 30.7 Å². The molecule has 1 fully saturated rings. The predicted molar refractivity (Wildman–Crippen MR) is 132 cm³/mol. The van der Waals surface area contributed by atoms with E-state index in [-0.39, 0.29) is 0 Å². The molecule has 3 heterocycles. The highest BCUT2D eigenvalue weighted by Crippen LogP contribution is 2.31. The number of aromatic nitrogens is 3. The molecule has 1 aliphatic rings. The van der Waals surface area contributed by atoms with E-state index in [0.717, 1.165) is 42.7 Å². The van der Waals surface area contributed by atoms with E-state index in [1.807, 2.05) is 0 Å². The van der Waals surface area contributed by atoms with Crippen LogP contribution in [0.3, 0.4) is 0 Å². The topological polar surface area (TPSA) is 47.1 Å². The maximum Gasteiger partial charge on any atom is 0.260 e. The first-order chi connectivity index (χ1) is 16.3. The van der Waals surface area contributed by atoms with Crippen LogP contribution in [0.25, 0.3) is 33.1 Å². The van der Waals surface area contributed by atoms with E-state index >= 15 is 0 Å². The second-order valence-corrected chi connectivity index (χ2v) is 8.99. The standard InChI is InChI=1S/C28H28N4O/c1-2-12-23-21(9-1)10-7-11-22(23)19-32-20-25(24-13-3-4-14-26(24)32)28-29-27(30-33-28)15-8-18-31-16-5-6-17-31/h1-4,7,9-14,20H,5-6,8,15-19H2. The van der Waals surface area contributed by atoms with E-state index in [1.54, 1.807) is 0 Å². The molecular weight excluding hydrogens is 408 g/mol. The summed E-state index contributed by atoms with van der Waals surface area (Å²) in [6, 6.07) is 23.5. The van der Waals surface area contributed by atoms with Crippen molar-refractivity contribution in [2.45, 2.75) is 32.2 Å². The van der Waals surface area contributed by atoms with E-state index in [0.29, 0.717) is 5.89 Å². The zero-order valence-electron chi connectivity index (χ0n) is 18.8. The molecule has 0 saturated carbocycles. The lowest BCUT2D eigenvalue weighted by atomic mass is 10.0. The van der Waals surface area contributed by atoms with Crippen molar-refractivity contribution in [1.29, 1.82) is 0 Å². The molecule has 2 aromatic heterocycles. The van der Waals surface area contributed by atoms with Gasteiger partial charge in [0.25, 0.3) is 5.89 Å². The van der Waals surface area contributed by atoms with Crippen LogP contribution in [-0.2, 0) is 13.0 Å². The maximum absolute atomic E-state index is 5.73. The first kappa shape index (κ1) is 20.2. The zero-order chi connectivity index (χ0) is 22.0. The van der Waals surface area contributed by atoms with Crippen molar-refractivity contribution >= 4 is 21.7 Å². The molecule has 0 bridgehead atoms. The Kier molecular flexibility index (Phi) is 5.40.